The maximum atomic E-state index is 13.1. The Hall–Kier alpha value is -1.11. The minimum Gasteiger partial charge on any atom is -0.398 e. The number of nitrogens with zero attached hydrogens (tertiary/aromatic N) is 1. The first-order valence-electron chi connectivity index (χ1n) is 7.28. The van der Waals surface area contributed by atoms with E-state index >= 15 is 0 Å². The molecule has 0 amide bonds. The maximum absolute atomic E-state index is 13.1. The molecule has 1 aliphatic rings. The highest BCUT2D eigenvalue weighted by molar-refractivity contribution is 7.89. The molecule has 2 atom stereocenters. The highest BCUT2D eigenvalue weighted by Crippen LogP contribution is 2.30. The summed E-state index contributed by atoms with van der Waals surface area (Å²) < 4.78 is 33.4. The van der Waals surface area contributed by atoms with Crippen LogP contribution in [0.1, 0.15) is 31.4 Å². The first-order chi connectivity index (χ1) is 9.78. The van der Waals surface area contributed by atoms with Gasteiger partial charge in [-0.15, -0.1) is 0 Å². The van der Waals surface area contributed by atoms with Gasteiger partial charge in [-0.2, -0.15) is 4.31 Å². The van der Waals surface area contributed by atoms with Crippen LogP contribution in [0.5, 0.6) is 0 Å². The van der Waals surface area contributed by atoms with Crippen LogP contribution in [0.2, 0.25) is 0 Å². The summed E-state index contributed by atoms with van der Waals surface area (Å²) in [6.45, 7) is 8.27. The van der Waals surface area contributed by atoms with Gasteiger partial charge in [0.25, 0.3) is 0 Å². The van der Waals surface area contributed by atoms with Gasteiger partial charge in [0.05, 0.1) is 17.6 Å². The van der Waals surface area contributed by atoms with Crippen molar-refractivity contribution in [2.24, 2.45) is 0 Å². The molecule has 0 saturated carbocycles. The van der Waals surface area contributed by atoms with Crippen molar-refractivity contribution in [1.29, 1.82) is 0 Å². The Kier molecular flexibility index (Phi) is 4.60. The molecule has 1 saturated heterocycles. The number of benzene rings is 1. The van der Waals surface area contributed by atoms with Crippen molar-refractivity contribution in [2.75, 3.05) is 18.9 Å². The molecule has 2 rings (SSSR count). The van der Waals surface area contributed by atoms with Crippen molar-refractivity contribution in [1.82, 2.24) is 4.31 Å². The number of sulfonamides is 1. The van der Waals surface area contributed by atoms with E-state index in [2.05, 4.69) is 0 Å². The molecule has 0 bridgehead atoms. The van der Waals surface area contributed by atoms with Crippen LogP contribution in [0.4, 0.5) is 5.69 Å². The van der Waals surface area contributed by atoms with E-state index in [-0.39, 0.29) is 12.1 Å². The summed E-state index contributed by atoms with van der Waals surface area (Å²) in [6.07, 6.45) is 0.635. The third kappa shape index (κ3) is 2.93. The number of nitrogen functional groups attached to an aromatic ring is 1. The molecular formula is C15H24N2O3S. The molecule has 1 fully saturated rings. The third-order valence-electron chi connectivity index (χ3n) is 4.10. The van der Waals surface area contributed by atoms with Gasteiger partial charge in [-0.05, 0) is 44.4 Å². The van der Waals surface area contributed by atoms with Crippen molar-refractivity contribution < 1.29 is 13.2 Å². The molecule has 0 aliphatic carbocycles. The Morgan fingerprint density at radius 2 is 2.05 bits per heavy atom. The second-order valence-corrected chi connectivity index (χ2v) is 7.53. The lowest BCUT2D eigenvalue weighted by molar-refractivity contribution is -0.0230. The number of hydrogen-bond donors (Lipinski definition) is 1. The normalized spacial score (nSPS) is 24.2. The molecule has 1 heterocycles. The zero-order valence-electron chi connectivity index (χ0n) is 13.1. The van der Waals surface area contributed by atoms with Gasteiger partial charge in [-0.25, -0.2) is 8.42 Å². The highest BCUT2D eigenvalue weighted by atomic mass is 32.2. The standard InChI is InChI=1S/C15H24N2O3S/c1-5-13-9-20-11(3)8-17(13)21(18,19)15-10(2)6-7-14(16)12(15)4/h6-7,11,13H,5,8-9,16H2,1-4H3. The molecule has 1 aromatic rings. The van der Waals surface area contributed by atoms with E-state index in [1.54, 1.807) is 23.4 Å². The molecule has 0 aromatic heterocycles. The second-order valence-electron chi connectivity index (χ2n) is 5.71. The van der Waals surface area contributed by atoms with Crippen LogP contribution in [0.3, 0.4) is 0 Å². The summed E-state index contributed by atoms with van der Waals surface area (Å²) in [7, 11) is -3.57. The molecule has 2 N–H and O–H groups in total. The van der Waals surface area contributed by atoms with Crippen LogP contribution in [-0.2, 0) is 14.8 Å². The summed E-state index contributed by atoms with van der Waals surface area (Å²) >= 11 is 0. The van der Waals surface area contributed by atoms with Gasteiger partial charge in [0, 0.05) is 18.3 Å². The zero-order chi connectivity index (χ0) is 15.8. The lowest BCUT2D eigenvalue weighted by atomic mass is 10.1. The van der Waals surface area contributed by atoms with E-state index in [9.17, 15) is 8.42 Å². The number of aryl methyl sites for hydroxylation is 1. The van der Waals surface area contributed by atoms with E-state index in [4.69, 9.17) is 10.5 Å². The van der Waals surface area contributed by atoms with Gasteiger partial charge >= 0.3 is 0 Å². The minimum absolute atomic E-state index is 0.0933. The second kappa shape index (κ2) is 5.94. The van der Waals surface area contributed by atoms with Gasteiger partial charge in [0.1, 0.15) is 0 Å². The molecule has 2 unspecified atom stereocenters. The molecule has 0 radical (unpaired) electrons. The average Bonchev–Trinajstić information content (AvgIpc) is 2.43. The van der Waals surface area contributed by atoms with Crippen LogP contribution in [0.25, 0.3) is 0 Å². The molecule has 1 aromatic carbocycles. The molecular weight excluding hydrogens is 288 g/mol. The van der Waals surface area contributed by atoms with Crippen molar-refractivity contribution in [3.63, 3.8) is 0 Å². The third-order valence-corrected chi connectivity index (χ3v) is 6.31. The molecule has 0 spiro atoms. The Labute approximate surface area is 127 Å². The van der Waals surface area contributed by atoms with Gasteiger partial charge in [0.15, 0.2) is 0 Å². The fourth-order valence-corrected chi connectivity index (χ4v) is 5.01. The van der Waals surface area contributed by atoms with Crippen LogP contribution in [0, 0.1) is 13.8 Å². The molecule has 1 aliphatic heterocycles. The summed E-state index contributed by atoms with van der Waals surface area (Å²) in [4.78, 5) is 0.343. The number of hydrogen-bond acceptors (Lipinski definition) is 4. The molecule has 6 heteroatoms. The number of anilines is 1. The Balaban J connectivity index is 2.53. The minimum atomic E-state index is -3.57. The smallest absolute Gasteiger partial charge is 0.244 e. The predicted molar refractivity (Wildman–Crippen MR) is 83.7 cm³/mol. The SMILES string of the molecule is CCC1COC(C)CN1S(=O)(=O)c1c(C)ccc(N)c1C. The molecule has 21 heavy (non-hydrogen) atoms. The van der Waals surface area contributed by atoms with E-state index in [1.807, 2.05) is 20.8 Å². The summed E-state index contributed by atoms with van der Waals surface area (Å²) in [5.41, 5.74) is 7.77. The number of ether oxygens (including phenoxy) is 1. The topological polar surface area (TPSA) is 72.6 Å². The quantitative estimate of drug-likeness (QED) is 0.867. The monoisotopic (exact) mass is 312 g/mol. The van der Waals surface area contributed by atoms with Crippen molar-refractivity contribution >= 4 is 15.7 Å². The first kappa shape index (κ1) is 16.3. The van der Waals surface area contributed by atoms with Crippen LogP contribution in [-0.4, -0.2) is 38.0 Å². The number of rotatable bonds is 3. The van der Waals surface area contributed by atoms with Crippen LogP contribution >= 0.6 is 0 Å². The number of morpholine rings is 1. The van der Waals surface area contributed by atoms with E-state index in [1.165, 1.54) is 0 Å². The van der Waals surface area contributed by atoms with Gasteiger partial charge in [0.2, 0.25) is 10.0 Å². The largest absolute Gasteiger partial charge is 0.398 e. The van der Waals surface area contributed by atoms with Crippen molar-refractivity contribution in [3.8, 4) is 0 Å². The zero-order valence-corrected chi connectivity index (χ0v) is 13.9. The summed E-state index contributed by atoms with van der Waals surface area (Å²) in [5.74, 6) is 0. The average molecular weight is 312 g/mol. The predicted octanol–water partition coefficient (Wildman–Crippen LogP) is 2.07. The first-order valence-corrected chi connectivity index (χ1v) is 8.72. The van der Waals surface area contributed by atoms with Gasteiger partial charge in [-0.1, -0.05) is 13.0 Å². The van der Waals surface area contributed by atoms with Crippen LogP contribution < -0.4 is 5.73 Å². The Morgan fingerprint density at radius 1 is 1.38 bits per heavy atom. The van der Waals surface area contributed by atoms with E-state index < -0.39 is 10.0 Å². The fraction of sp³-hybridized carbons (Fsp3) is 0.600. The van der Waals surface area contributed by atoms with Crippen molar-refractivity contribution in [2.45, 2.75) is 51.2 Å². The van der Waals surface area contributed by atoms with Gasteiger partial charge in [-0.3, -0.25) is 0 Å². The Morgan fingerprint density at radius 3 is 2.67 bits per heavy atom. The molecule has 118 valence electrons. The van der Waals surface area contributed by atoms with Crippen molar-refractivity contribution in [3.05, 3.63) is 23.3 Å². The summed E-state index contributed by atoms with van der Waals surface area (Å²) in [6, 6.07) is 3.40. The molecule has 5 nitrogen and oxygen atoms in total. The lowest BCUT2D eigenvalue weighted by Crippen LogP contribution is -2.51. The lowest BCUT2D eigenvalue weighted by Gasteiger charge is -2.37. The van der Waals surface area contributed by atoms with E-state index in [0.29, 0.717) is 29.3 Å². The summed E-state index contributed by atoms with van der Waals surface area (Å²) in [5, 5.41) is 0. The maximum Gasteiger partial charge on any atom is 0.244 e. The fourth-order valence-electron chi connectivity index (χ4n) is 2.79. The van der Waals surface area contributed by atoms with E-state index in [0.717, 1.165) is 12.0 Å². The number of nitrogens with two attached hydrogens (primary N) is 1. The highest BCUT2D eigenvalue weighted by Gasteiger charge is 2.37. The van der Waals surface area contributed by atoms with Gasteiger partial charge < -0.3 is 10.5 Å². The van der Waals surface area contributed by atoms with Crippen LogP contribution in [0.15, 0.2) is 17.0 Å². The Bertz CT molecular complexity index is 628.